The molecule has 0 amide bonds. The second-order valence-corrected chi connectivity index (χ2v) is 5.84. The summed E-state index contributed by atoms with van der Waals surface area (Å²) in [6.07, 6.45) is 0.688. The van der Waals surface area contributed by atoms with Gasteiger partial charge in [-0.05, 0) is 11.6 Å². The zero-order valence-corrected chi connectivity index (χ0v) is 13.5. The van der Waals surface area contributed by atoms with Gasteiger partial charge in [-0.2, -0.15) is 15.8 Å². The van der Waals surface area contributed by atoms with Crippen LogP contribution < -0.4 is 4.90 Å². The van der Waals surface area contributed by atoms with Crippen molar-refractivity contribution < 1.29 is 0 Å². The molecule has 2 rings (SSSR count). The van der Waals surface area contributed by atoms with E-state index in [1.807, 2.05) is 30.1 Å². The summed E-state index contributed by atoms with van der Waals surface area (Å²) in [4.78, 5) is 6.28. The Labute approximate surface area is 136 Å². The number of rotatable bonds is 3. The first-order chi connectivity index (χ1) is 11.0. The summed E-state index contributed by atoms with van der Waals surface area (Å²) >= 11 is 0. The molecule has 0 radical (unpaired) electrons. The monoisotopic (exact) mass is 303 g/mol. The van der Waals surface area contributed by atoms with Crippen LogP contribution in [0.15, 0.2) is 40.7 Å². The third-order valence-electron chi connectivity index (χ3n) is 4.07. The van der Waals surface area contributed by atoms with Crippen molar-refractivity contribution in [3.8, 4) is 18.2 Å². The van der Waals surface area contributed by atoms with Crippen LogP contribution in [-0.2, 0) is 5.41 Å². The minimum Gasteiger partial charge on any atom is -0.346 e. The summed E-state index contributed by atoms with van der Waals surface area (Å²) in [6.45, 7) is 4.18. The Morgan fingerprint density at radius 2 is 1.83 bits per heavy atom. The van der Waals surface area contributed by atoms with E-state index in [0.29, 0.717) is 12.1 Å². The molecule has 1 aromatic carbocycles. The molecule has 23 heavy (non-hydrogen) atoms. The molecule has 1 aromatic rings. The first kappa shape index (κ1) is 16.3. The lowest BCUT2D eigenvalue weighted by atomic mass is 9.82. The Balaban J connectivity index is 2.69. The van der Waals surface area contributed by atoms with Gasteiger partial charge in [0.05, 0.1) is 11.8 Å². The highest BCUT2D eigenvalue weighted by molar-refractivity contribution is 6.10. The molecule has 0 spiro atoms. The fourth-order valence-corrected chi connectivity index (χ4v) is 3.13. The van der Waals surface area contributed by atoms with Crippen molar-refractivity contribution >= 4 is 11.4 Å². The van der Waals surface area contributed by atoms with Crippen LogP contribution in [0, 0.1) is 34.0 Å². The van der Waals surface area contributed by atoms with Crippen LogP contribution in [0.3, 0.4) is 0 Å². The van der Waals surface area contributed by atoms with Gasteiger partial charge in [-0.15, -0.1) is 0 Å². The number of allylic oxidation sites excluding steroid dienone is 2. The molecule has 0 aliphatic carbocycles. The predicted octanol–water partition coefficient (Wildman–Crippen LogP) is 3.42. The van der Waals surface area contributed by atoms with Crippen molar-refractivity contribution in [2.45, 2.75) is 32.1 Å². The summed E-state index contributed by atoms with van der Waals surface area (Å²) in [7, 11) is 1.95. The van der Waals surface area contributed by atoms with Crippen LogP contribution in [0.25, 0.3) is 0 Å². The molecule has 0 fully saturated rings. The maximum atomic E-state index is 9.01. The molecule has 0 aromatic heterocycles. The first-order valence-corrected chi connectivity index (χ1v) is 7.30. The molecule has 5 heteroatoms. The second-order valence-electron chi connectivity index (χ2n) is 5.84. The zero-order chi connectivity index (χ0) is 17.0. The van der Waals surface area contributed by atoms with E-state index in [1.54, 1.807) is 12.1 Å². The van der Waals surface area contributed by atoms with Crippen LogP contribution in [0.4, 0.5) is 5.69 Å². The molecular formula is C18H17N5. The minimum absolute atomic E-state index is 0.189. The summed E-state index contributed by atoms with van der Waals surface area (Å²) in [6, 6.07) is 13.8. The molecule has 0 saturated heterocycles. The van der Waals surface area contributed by atoms with Crippen LogP contribution in [0.1, 0.15) is 32.3 Å². The van der Waals surface area contributed by atoms with Gasteiger partial charge in [-0.3, -0.25) is 0 Å². The minimum atomic E-state index is -0.310. The van der Waals surface area contributed by atoms with Crippen LogP contribution in [0.2, 0.25) is 0 Å². The number of fused-ring (bicyclic) bond motifs is 1. The van der Waals surface area contributed by atoms with Gasteiger partial charge in [0.25, 0.3) is 0 Å². The summed E-state index contributed by atoms with van der Waals surface area (Å²) in [5, 5.41) is 26.9. The standard InChI is InChI=1S/C18H17N5/c1-18(2)14-7-4-5-9-16(14)23(3)17(18)15(8-6-10-19)22-13(11-20)12-21/h4-5,7,9H,6,8H2,1-3H3/b17-15+. The average Bonchev–Trinajstić information content (AvgIpc) is 2.76. The van der Waals surface area contributed by atoms with E-state index < -0.39 is 0 Å². The third-order valence-corrected chi connectivity index (χ3v) is 4.07. The van der Waals surface area contributed by atoms with Gasteiger partial charge >= 0.3 is 0 Å². The number of hydrogen-bond acceptors (Lipinski definition) is 5. The number of hydrogen-bond donors (Lipinski definition) is 0. The highest BCUT2D eigenvalue weighted by Crippen LogP contribution is 2.48. The van der Waals surface area contributed by atoms with Gasteiger partial charge in [0.2, 0.25) is 5.71 Å². The lowest BCUT2D eigenvalue weighted by Gasteiger charge is -2.26. The van der Waals surface area contributed by atoms with Crippen molar-refractivity contribution in [2.75, 3.05) is 11.9 Å². The van der Waals surface area contributed by atoms with Crippen molar-refractivity contribution in [2.24, 2.45) is 4.99 Å². The summed E-state index contributed by atoms with van der Waals surface area (Å²) < 4.78 is 0. The lowest BCUT2D eigenvalue weighted by molar-refractivity contribution is 0.624. The maximum Gasteiger partial charge on any atom is 0.218 e. The Bertz CT molecular complexity index is 793. The molecule has 0 N–H and O–H groups in total. The number of para-hydroxylation sites is 1. The molecule has 0 saturated carbocycles. The number of nitriles is 3. The lowest BCUT2D eigenvalue weighted by Crippen LogP contribution is -2.25. The van der Waals surface area contributed by atoms with E-state index in [9.17, 15) is 0 Å². The fraction of sp³-hybridized carbons (Fsp3) is 0.333. The van der Waals surface area contributed by atoms with Gasteiger partial charge in [0, 0.05) is 36.7 Å². The Morgan fingerprint density at radius 3 is 2.39 bits per heavy atom. The average molecular weight is 303 g/mol. The second kappa shape index (κ2) is 6.34. The van der Waals surface area contributed by atoms with E-state index in [-0.39, 0.29) is 17.5 Å². The highest BCUT2D eigenvalue weighted by Gasteiger charge is 2.40. The van der Waals surface area contributed by atoms with Gasteiger partial charge in [0.1, 0.15) is 12.1 Å². The van der Waals surface area contributed by atoms with Gasteiger partial charge in [-0.25, -0.2) is 4.99 Å². The third kappa shape index (κ3) is 2.80. The number of anilines is 1. The fourth-order valence-electron chi connectivity index (χ4n) is 3.13. The Kier molecular flexibility index (Phi) is 4.49. The zero-order valence-electron chi connectivity index (χ0n) is 13.5. The Hall–Kier alpha value is -3.10. The summed E-state index contributed by atoms with van der Waals surface area (Å²) in [5.74, 6) is 0. The van der Waals surface area contributed by atoms with Gasteiger partial charge < -0.3 is 4.90 Å². The van der Waals surface area contributed by atoms with E-state index in [4.69, 9.17) is 15.8 Å². The van der Waals surface area contributed by atoms with Gasteiger partial charge in [-0.1, -0.05) is 32.0 Å². The largest absolute Gasteiger partial charge is 0.346 e. The molecule has 0 bridgehead atoms. The van der Waals surface area contributed by atoms with Crippen LogP contribution in [0.5, 0.6) is 0 Å². The quantitative estimate of drug-likeness (QED) is 0.800. The molecule has 0 unspecified atom stereocenters. The van der Waals surface area contributed by atoms with Crippen molar-refractivity contribution in [1.29, 1.82) is 15.8 Å². The molecule has 1 aliphatic heterocycles. The number of aliphatic imine (C=N–C) groups is 1. The molecule has 1 aliphatic rings. The SMILES string of the molecule is CN1/C(=C(\CCC#N)N=C(C#N)C#N)C(C)(C)c2ccccc21. The first-order valence-electron chi connectivity index (χ1n) is 7.30. The van der Waals surface area contributed by atoms with Crippen molar-refractivity contribution in [1.82, 2.24) is 0 Å². The number of benzene rings is 1. The maximum absolute atomic E-state index is 9.01. The van der Waals surface area contributed by atoms with Gasteiger partial charge in [0.15, 0.2) is 0 Å². The number of likely N-dealkylation sites (N-methyl/N-ethyl adjacent to an activating group) is 1. The molecule has 0 atom stereocenters. The topological polar surface area (TPSA) is 87.0 Å². The highest BCUT2D eigenvalue weighted by atomic mass is 15.2. The van der Waals surface area contributed by atoms with Crippen LogP contribution >= 0.6 is 0 Å². The summed E-state index contributed by atoms with van der Waals surface area (Å²) in [5.41, 5.74) is 3.29. The van der Waals surface area contributed by atoms with E-state index in [1.165, 1.54) is 0 Å². The molecule has 114 valence electrons. The molecular weight excluding hydrogens is 286 g/mol. The smallest absolute Gasteiger partial charge is 0.218 e. The molecule has 5 nitrogen and oxygen atoms in total. The molecule has 1 heterocycles. The normalized spacial score (nSPS) is 16.6. The van der Waals surface area contributed by atoms with Crippen LogP contribution in [-0.4, -0.2) is 12.8 Å². The van der Waals surface area contributed by atoms with E-state index in [2.05, 4.69) is 31.0 Å². The van der Waals surface area contributed by atoms with Crippen molar-refractivity contribution in [3.05, 3.63) is 41.2 Å². The number of nitrogens with zero attached hydrogens (tertiary/aromatic N) is 5. The Morgan fingerprint density at radius 1 is 1.17 bits per heavy atom. The van der Waals surface area contributed by atoms with Crippen molar-refractivity contribution in [3.63, 3.8) is 0 Å². The van der Waals surface area contributed by atoms with E-state index in [0.717, 1.165) is 16.9 Å². The predicted molar refractivity (Wildman–Crippen MR) is 88.4 cm³/mol. The van der Waals surface area contributed by atoms with E-state index >= 15 is 0 Å².